The Hall–Kier alpha value is -3.26. The number of nitrogens with zero attached hydrogens (tertiary/aromatic N) is 4. The normalized spacial score (nSPS) is 13.0. The quantitative estimate of drug-likeness (QED) is 0.703. The zero-order valence-corrected chi connectivity index (χ0v) is 17.1. The zero-order valence-electron chi connectivity index (χ0n) is 16.3. The molecule has 3 aromatic rings. The summed E-state index contributed by atoms with van der Waals surface area (Å²) >= 11 is 1.68. The van der Waals surface area contributed by atoms with E-state index in [9.17, 15) is 9.59 Å². The molecule has 148 valence electrons. The van der Waals surface area contributed by atoms with E-state index in [1.807, 2.05) is 18.2 Å². The number of carbonyl (C=O) groups excluding carboxylic acids is 2. The molecule has 1 aliphatic rings. The van der Waals surface area contributed by atoms with Crippen molar-refractivity contribution in [3.05, 3.63) is 69.8 Å². The standard InChI is InChI=1S/C21H21N5O2S/c1-14-3-4-17(29-14)13-26(12-15-5-7-22-8-6-15)21(28)16-9-18-20(23-10-16)24-11-19(27)25(18)2/h3-10H,11-13H2,1-2H3,(H,23,24). The highest BCUT2D eigenvalue weighted by atomic mass is 32.1. The average Bonchev–Trinajstić information content (AvgIpc) is 3.15. The molecule has 3 aromatic heterocycles. The van der Waals surface area contributed by atoms with Crippen molar-refractivity contribution in [2.45, 2.75) is 20.0 Å². The van der Waals surface area contributed by atoms with E-state index in [2.05, 4.69) is 28.3 Å². The molecule has 0 bridgehead atoms. The summed E-state index contributed by atoms with van der Waals surface area (Å²) in [5, 5.41) is 2.99. The number of hydrogen-bond acceptors (Lipinski definition) is 6. The molecule has 1 aliphatic heterocycles. The number of hydrogen-bond donors (Lipinski definition) is 1. The Morgan fingerprint density at radius 1 is 1.24 bits per heavy atom. The molecular formula is C21H21N5O2S. The van der Waals surface area contributed by atoms with Gasteiger partial charge >= 0.3 is 0 Å². The Labute approximate surface area is 173 Å². The van der Waals surface area contributed by atoms with Crippen LogP contribution in [-0.2, 0) is 17.9 Å². The number of anilines is 2. The number of nitrogens with one attached hydrogen (secondary N) is 1. The summed E-state index contributed by atoms with van der Waals surface area (Å²) in [5.41, 5.74) is 2.07. The van der Waals surface area contributed by atoms with Crippen molar-refractivity contribution in [3.63, 3.8) is 0 Å². The minimum Gasteiger partial charge on any atom is -0.359 e. The Kier molecular flexibility index (Phi) is 5.26. The maximum atomic E-state index is 13.4. The fourth-order valence-electron chi connectivity index (χ4n) is 3.22. The van der Waals surface area contributed by atoms with Crippen molar-refractivity contribution in [2.24, 2.45) is 0 Å². The maximum absolute atomic E-state index is 13.4. The molecule has 0 atom stereocenters. The van der Waals surface area contributed by atoms with Crippen LogP contribution in [0.25, 0.3) is 0 Å². The first kappa shape index (κ1) is 19.1. The van der Waals surface area contributed by atoms with Crippen molar-refractivity contribution in [3.8, 4) is 0 Å². The van der Waals surface area contributed by atoms with Gasteiger partial charge in [-0.15, -0.1) is 11.3 Å². The summed E-state index contributed by atoms with van der Waals surface area (Å²) in [7, 11) is 1.70. The van der Waals surface area contributed by atoms with E-state index >= 15 is 0 Å². The van der Waals surface area contributed by atoms with Crippen LogP contribution in [0.1, 0.15) is 25.7 Å². The van der Waals surface area contributed by atoms with Gasteiger partial charge in [-0.2, -0.15) is 0 Å². The molecular weight excluding hydrogens is 386 g/mol. The Bertz CT molecular complexity index is 1050. The van der Waals surface area contributed by atoms with Gasteiger partial charge in [-0.25, -0.2) is 4.98 Å². The molecule has 1 N–H and O–H groups in total. The van der Waals surface area contributed by atoms with Gasteiger partial charge in [-0.1, -0.05) is 0 Å². The van der Waals surface area contributed by atoms with Gasteiger partial charge in [0.05, 0.1) is 24.3 Å². The van der Waals surface area contributed by atoms with Crippen molar-refractivity contribution in [1.82, 2.24) is 14.9 Å². The second-order valence-corrected chi connectivity index (χ2v) is 8.30. The smallest absolute Gasteiger partial charge is 0.256 e. The van der Waals surface area contributed by atoms with E-state index in [1.165, 1.54) is 9.78 Å². The predicted octanol–water partition coefficient (Wildman–Crippen LogP) is 3.08. The van der Waals surface area contributed by atoms with Crippen LogP contribution in [0.15, 0.2) is 48.9 Å². The van der Waals surface area contributed by atoms with Gasteiger partial charge in [0.1, 0.15) is 5.82 Å². The van der Waals surface area contributed by atoms with E-state index in [4.69, 9.17) is 0 Å². The predicted molar refractivity (Wildman–Crippen MR) is 113 cm³/mol. The third kappa shape index (κ3) is 4.12. The highest BCUT2D eigenvalue weighted by Gasteiger charge is 2.25. The Morgan fingerprint density at radius 3 is 2.76 bits per heavy atom. The van der Waals surface area contributed by atoms with E-state index in [1.54, 1.807) is 47.9 Å². The molecule has 0 aliphatic carbocycles. The number of rotatable bonds is 5. The number of likely N-dealkylation sites (N-methyl/N-ethyl adjacent to an activating group) is 1. The molecule has 7 nitrogen and oxygen atoms in total. The largest absolute Gasteiger partial charge is 0.359 e. The molecule has 2 amide bonds. The van der Waals surface area contributed by atoms with Gasteiger partial charge in [0.2, 0.25) is 5.91 Å². The first-order valence-electron chi connectivity index (χ1n) is 9.25. The molecule has 0 saturated carbocycles. The lowest BCUT2D eigenvalue weighted by molar-refractivity contribution is -0.116. The minimum atomic E-state index is -0.130. The summed E-state index contributed by atoms with van der Waals surface area (Å²) in [4.78, 5) is 39.4. The Morgan fingerprint density at radius 2 is 2.03 bits per heavy atom. The Balaban J connectivity index is 1.64. The molecule has 0 unspecified atom stereocenters. The summed E-state index contributed by atoms with van der Waals surface area (Å²) in [6.07, 6.45) is 5.01. The average molecular weight is 407 g/mol. The third-order valence-electron chi connectivity index (χ3n) is 4.81. The fourth-order valence-corrected chi connectivity index (χ4v) is 4.13. The highest BCUT2D eigenvalue weighted by Crippen LogP contribution is 2.28. The van der Waals surface area contributed by atoms with Crippen LogP contribution in [0.5, 0.6) is 0 Å². The number of carbonyl (C=O) groups is 2. The van der Waals surface area contributed by atoms with Crippen LogP contribution >= 0.6 is 11.3 Å². The summed E-state index contributed by atoms with van der Waals surface area (Å²) < 4.78 is 0. The lowest BCUT2D eigenvalue weighted by atomic mass is 10.1. The highest BCUT2D eigenvalue weighted by molar-refractivity contribution is 7.11. The van der Waals surface area contributed by atoms with Crippen LogP contribution in [0.2, 0.25) is 0 Å². The van der Waals surface area contributed by atoms with Gasteiger partial charge in [0, 0.05) is 41.9 Å². The summed E-state index contributed by atoms with van der Waals surface area (Å²) in [6, 6.07) is 9.65. The second kappa shape index (κ2) is 8.00. The SMILES string of the molecule is Cc1ccc(CN(Cc2ccncc2)C(=O)c2cnc3c(c2)N(C)C(=O)CN3)s1. The summed E-state index contributed by atoms with van der Waals surface area (Å²) in [5.74, 6) is 0.416. The number of thiophene rings is 1. The molecule has 0 spiro atoms. The van der Waals surface area contributed by atoms with Crippen LogP contribution in [0.4, 0.5) is 11.5 Å². The molecule has 8 heteroatoms. The van der Waals surface area contributed by atoms with Crippen molar-refractivity contribution >= 4 is 34.7 Å². The number of aromatic nitrogens is 2. The second-order valence-electron chi connectivity index (χ2n) is 6.93. The zero-order chi connectivity index (χ0) is 20.4. The molecule has 0 saturated heterocycles. The van der Waals surface area contributed by atoms with Gasteiger partial charge in [0.25, 0.3) is 5.91 Å². The van der Waals surface area contributed by atoms with Crippen molar-refractivity contribution < 1.29 is 9.59 Å². The van der Waals surface area contributed by atoms with E-state index in [-0.39, 0.29) is 18.4 Å². The van der Waals surface area contributed by atoms with Gasteiger partial charge < -0.3 is 15.1 Å². The van der Waals surface area contributed by atoms with Crippen LogP contribution in [0, 0.1) is 6.92 Å². The first-order valence-corrected chi connectivity index (χ1v) is 10.1. The topological polar surface area (TPSA) is 78.4 Å². The van der Waals surface area contributed by atoms with Crippen LogP contribution in [0.3, 0.4) is 0 Å². The van der Waals surface area contributed by atoms with E-state index < -0.39 is 0 Å². The summed E-state index contributed by atoms with van der Waals surface area (Å²) in [6.45, 7) is 3.22. The number of pyridine rings is 2. The number of aryl methyl sites for hydroxylation is 1. The minimum absolute atomic E-state index is 0.0633. The monoisotopic (exact) mass is 407 g/mol. The molecule has 0 fully saturated rings. The molecule has 29 heavy (non-hydrogen) atoms. The van der Waals surface area contributed by atoms with Crippen LogP contribution in [-0.4, -0.2) is 40.3 Å². The molecule has 0 radical (unpaired) electrons. The maximum Gasteiger partial charge on any atom is 0.256 e. The van der Waals surface area contributed by atoms with Gasteiger partial charge in [-0.05, 0) is 42.8 Å². The molecule has 4 heterocycles. The fraction of sp³-hybridized carbons (Fsp3) is 0.238. The first-order chi connectivity index (χ1) is 14.0. The molecule has 4 rings (SSSR count). The van der Waals surface area contributed by atoms with Gasteiger partial charge in [0.15, 0.2) is 0 Å². The number of amides is 2. The number of fused-ring (bicyclic) bond motifs is 1. The van der Waals surface area contributed by atoms with Gasteiger partial charge in [-0.3, -0.25) is 14.6 Å². The van der Waals surface area contributed by atoms with Crippen LogP contribution < -0.4 is 10.2 Å². The lowest BCUT2D eigenvalue weighted by Gasteiger charge is -2.27. The van der Waals surface area contributed by atoms with E-state index in [0.29, 0.717) is 30.2 Å². The third-order valence-corrected chi connectivity index (χ3v) is 5.80. The van der Waals surface area contributed by atoms with E-state index in [0.717, 1.165) is 10.4 Å². The molecule has 0 aromatic carbocycles. The van der Waals surface area contributed by atoms with Crippen molar-refractivity contribution in [2.75, 3.05) is 23.8 Å². The van der Waals surface area contributed by atoms with Crippen molar-refractivity contribution in [1.29, 1.82) is 0 Å². The lowest BCUT2D eigenvalue weighted by Crippen LogP contribution is -2.37.